The first-order valence-corrected chi connectivity index (χ1v) is 15.4. The summed E-state index contributed by atoms with van der Waals surface area (Å²) in [6.07, 6.45) is 0. The number of nitrogens with two attached hydrogens (primary N) is 1. The minimum atomic E-state index is -1.07. The van der Waals surface area contributed by atoms with Gasteiger partial charge in [0, 0.05) is 34.6 Å². The summed E-state index contributed by atoms with van der Waals surface area (Å²) in [6, 6.07) is 20.7. The van der Waals surface area contributed by atoms with E-state index in [1.54, 1.807) is 54.6 Å². The third-order valence-electron chi connectivity index (χ3n) is 6.77. The molecule has 0 aromatic heterocycles. The molecule has 17 nitrogen and oxygen atoms in total. The minimum Gasteiger partial charge on any atom is -0.505 e. The molecule has 0 heterocycles. The standard InChI is InChI=1S/C31H26N6O11S2/c1-43-25-15-24(26(44-2)14-23(25)35-34-20-8-9-22(32)27(13-20)49-47-45-41)36-37-29-28(50-48-46-42)11-16-6-7-19(12-21(16)30(29)38)33-18-5-3-4-17(10-18)31(39)40/h3-15,33,38,41-42H,32H2,1-2H3,(H,39,40). The summed E-state index contributed by atoms with van der Waals surface area (Å²) in [5.41, 5.74) is 8.25. The van der Waals surface area contributed by atoms with Crippen LogP contribution in [0.15, 0.2) is 109 Å². The van der Waals surface area contributed by atoms with Crippen LogP contribution < -0.4 is 20.5 Å². The summed E-state index contributed by atoms with van der Waals surface area (Å²) in [7, 11) is 2.84. The Balaban J connectivity index is 1.49. The maximum Gasteiger partial charge on any atom is 0.335 e. The van der Waals surface area contributed by atoms with E-state index in [-0.39, 0.29) is 44.8 Å². The second kappa shape index (κ2) is 16.7. The Morgan fingerprint density at radius 1 is 0.760 bits per heavy atom. The van der Waals surface area contributed by atoms with Crippen LogP contribution in [0, 0.1) is 0 Å². The molecule has 5 aromatic carbocycles. The molecule has 0 amide bonds. The fourth-order valence-corrected chi connectivity index (χ4v) is 5.41. The van der Waals surface area contributed by atoms with Crippen molar-refractivity contribution in [3.8, 4) is 17.2 Å². The zero-order chi connectivity index (χ0) is 35.6. The zero-order valence-electron chi connectivity index (χ0n) is 25.8. The Hall–Kier alpha value is -5.51. The van der Waals surface area contributed by atoms with Crippen molar-refractivity contribution in [1.82, 2.24) is 0 Å². The number of phenols is 1. The summed E-state index contributed by atoms with van der Waals surface area (Å²) >= 11 is 1.25. The van der Waals surface area contributed by atoms with Crippen LogP contribution in [0.25, 0.3) is 10.8 Å². The van der Waals surface area contributed by atoms with Gasteiger partial charge in [0.15, 0.2) is 5.75 Å². The number of nitrogens with zero attached hydrogens (tertiary/aromatic N) is 4. The SMILES string of the molecule is COc1cc(N=Nc2c(SOOO)cc3ccc(Nc4cccc(C(=O)O)c4)cc3c2O)c(OC)cc1N=Nc1ccc(N)c(SOOO)c1. The maximum absolute atomic E-state index is 11.4. The number of carbonyl (C=O) groups is 1. The van der Waals surface area contributed by atoms with Crippen LogP contribution in [-0.4, -0.2) is 40.9 Å². The Labute approximate surface area is 291 Å². The number of methoxy groups -OCH3 is 2. The van der Waals surface area contributed by atoms with Crippen molar-refractivity contribution in [3.63, 3.8) is 0 Å². The van der Waals surface area contributed by atoms with Crippen molar-refractivity contribution in [2.24, 2.45) is 20.5 Å². The molecular formula is C31H26N6O11S2. The van der Waals surface area contributed by atoms with Crippen molar-refractivity contribution in [3.05, 3.63) is 84.4 Å². The largest absolute Gasteiger partial charge is 0.505 e. The highest BCUT2D eigenvalue weighted by Gasteiger charge is 2.18. The molecule has 0 saturated carbocycles. The summed E-state index contributed by atoms with van der Waals surface area (Å²) < 4.78 is 20.1. The first kappa shape index (κ1) is 35.8. The molecule has 0 spiro atoms. The Bertz CT molecular complexity index is 2080. The third-order valence-corrected chi connectivity index (χ3v) is 8.05. The number of carboxylic acids is 1. The van der Waals surface area contributed by atoms with Gasteiger partial charge < -0.3 is 30.7 Å². The monoisotopic (exact) mass is 722 g/mol. The van der Waals surface area contributed by atoms with Gasteiger partial charge in [0.05, 0.1) is 59.3 Å². The van der Waals surface area contributed by atoms with Crippen molar-refractivity contribution >= 4 is 80.6 Å². The Kier molecular flexibility index (Phi) is 12.0. The number of fused-ring (bicyclic) bond motifs is 1. The zero-order valence-corrected chi connectivity index (χ0v) is 27.5. The van der Waals surface area contributed by atoms with Crippen molar-refractivity contribution < 1.29 is 53.7 Å². The van der Waals surface area contributed by atoms with E-state index in [1.165, 1.54) is 38.5 Å². The van der Waals surface area contributed by atoms with Gasteiger partial charge in [-0.25, -0.2) is 15.3 Å². The number of carboxylic acid groups (broad SMARTS) is 1. The van der Waals surface area contributed by atoms with Crippen LogP contribution in [0.4, 0.5) is 39.8 Å². The van der Waals surface area contributed by atoms with Gasteiger partial charge in [0.25, 0.3) is 0 Å². The molecule has 19 heteroatoms. The molecular weight excluding hydrogens is 697 g/mol. The van der Waals surface area contributed by atoms with E-state index in [1.807, 2.05) is 0 Å². The highest BCUT2D eigenvalue weighted by molar-refractivity contribution is 7.95. The molecule has 0 radical (unpaired) electrons. The number of nitrogens with one attached hydrogen (secondary N) is 1. The number of benzene rings is 5. The summed E-state index contributed by atoms with van der Waals surface area (Å²) in [6.45, 7) is 0. The number of aromatic hydroxyl groups is 1. The average Bonchev–Trinajstić information content (AvgIpc) is 3.13. The van der Waals surface area contributed by atoms with E-state index < -0.39 is 5.97 Å². The molecule has 5 rings (SSSR count). The third kappa shape index (κ3) is 8.55. The lowest BCUT2D eigenvalue weighted by Crippen LogP contribution is -1.97. The van der Waals surface area contributed by atoms with Gasteiger partial charge in [-0.3, -0.25) is 0 Å². The molecule has 50 heavy (non-hydrogen) atoms. The summed E-state index contributed by atoms with van der Waals surface area (Å²) in [5.74, 6) is -0.875. The van der Waals surface area contributed by atoms with E-state index >= 15 is 0 Å². The molecule has 0 aliphatic carbocycles. The van der Waals surface area contributed by atoms with E-state index in [4.69, 9.17) is 25.7 Å². The molecule has 7 N–H and O–H groups in total. The molecule has 0 unspecified atom stereocenters. The molecule has 258 valence electrons. The number of hydrogen-bond acceptors (Lipinski definition) is 18. The average molecular weight is 723 g/mol. The second-order valence-electron chi connectivity index (χ2n) is 9.79. The van der Waals surface area contributed by atoms with E-state index in [0.29, 0.717) is 62.5 Å². The lowest BCUT2D eigenvalue weighted by molar-refractivity contribution is -0.432. The predicted molar refractivity (Wildman–Crippen MR) is 182 cm³/mol. The Morgan fingerprint density at radius 2 is 1.42 bits per heavy atom. The lowest BCUT2D eigenvalue weighted by Gasteiger charge is -2.12. The predicted octanol–water partition coefficient (Wildman–Crippen LogP) is 9.27. The van der Waals surface area contributed by atoms with Crippen molar-refractivity contribution in [2.45, 2.75) is 9.79 Å². The number of hydrogen-bond donors (Lipinski definition) is 6. The molecule has 0 saturated heterocycles. The second-order valence-corrected chi connectivity index (χ2v) is 11.3. The molecule has 0 aliphatic heterocycles. The van der Waals surface area contributed by atoms with Crippen LogP contribution in [0.5, 0.6) is 17.2 Å². The normalized spacial score (nSPS) is 11.4. The number of rotatable bonds is 15. The number of azo groups is 2. The summed E-state index contributed by atoms with van der Waals surface area (Å²) in [5, 5.41) is 66.5. The number of aromatic carboxylic acids is 1. The quantitative estimate of drug-likeness (QED) is 0.0194. The number of phenolic OH excluding ortho intramolecular Hbond substituents is 1. The van der Waals surface area contributed by atoms with Gasteiger partial charge in [0.1, 0.15) is 28.6 Å². The lowest BCUT2D eigenvalue weighted by atomic mass is 10.1. The molecule has 5 aromatic rings. The van der Waals surface area contributed by atoms with Crippen LogP contribution in [0.2, 0.25) is 0 Å². The van der Waals surface area contributed by atoms with E-state index in [9.17, 15) is 15.0 Å². The fraction of sp³-hybridized carbons (Fsp3) is 0.0645. The van der Waals surface area contributed by atoms with Gasteiger partial charge in [-0.05, 0) is 60.0 Å². The van der Waals surface area contributed by atoms with Gasteiger partial charge in [-0.1, -0.05) is 22.2 Å². The number of anilines is 3. The minimum absolute atomic E-state index is 0.0399. The molecule has 0 aliphatic rings. The number of ether oxygens (including phenoxy) is 2. The van der Waals surface area contributed by atoms with Gasteiger partial charge in [-0.2, -0.15) is 5.11 Å². The maximum atomic E-state index is 11.4. The Morgan fingerprint density at radius 3 is 2.08 bits per heavy atom. The van der Waals surface area contributed by atoms with E-state index in [0.717, 1.165) is 0 Å². The highest BCUT2D eigenvalue weighted by Crippen LogP contribution is 2.46. The van der Waals surface area contributed by atoms with Gasteiger partial charge >= 0.3 is 5.97 Å². The highest BCUT2D eigenvalue weighted by atomic mass is 32.2. The van der Waals surface area contributed by atoms with Gasteiger partial charge in [-0.15, -0.1) is 24.0 Å². The molecule has 0 bridgehead atoms. The topological polar surface area (TPSA) is 241 Å². The van der Waals surface area contributed by atoms with Crippen LogP contribution in [0.3, 0.4) is 0 Å². The number of nitrogen functional groups attached to an aromatic ring is 1. The fourth-order valence-electron chi connectivity index (χ4n) is 4.47. The summed E-state index contributed by atoms with van der Waals surface area (Å²) in [4.78, 5) is 12.0. The van der Waals surface area contributed by atoms with Crippen molar-refractivity contribution in [2.75, 3.05) is 25.3 Å². The van der Waals surface area contributed by atoms with Crippen molar-refractivity contribution in [1.29, 1.82) is 0 Å². The van der Waals surface area contributed by atoms with Gasteiger partial charge in [0.2, 0.25) is 0 Å². The van der Waals surface area contributed by atoms with Crippen LogP contribution in [-0.2, 0) is 18.7 Å². The molecule has 0 atom stereocenters. The smallest absolute Gasteiger partial charge is 0.335 e. The first-order chi connectivity index (χ1) is 24.2. The van der Waals surface area contributed by atoms with Crippen LogP contribution >= 0.6 is 24.1 Å². The van der Waals surface area contributed by atoms with E-state index in [2.05, 4.69) is 44.5 Å². The van der Waals surface area contributed by atoms with Crippen LogP contribution in [0.1, 0.15) is 10.4 Å². The molecule has 0 fully saturated rings. The first-order valence-electron chi connectivity index (χ1n) is 13.9.